The van der Waals surface area contributed by atoms with Crippen LogP contribution in [0.3, 0.4) is 0 Å². The van der Waals surface area contributed by atoms with Gasteiger partial charge in [-0.2, -0.15) is 0 Å². The Kier molecular flexibility index (Phi) is 4.95. The zero-order chi connectivity index (χ0) is 18.2. The first kappa shape index (κ1) is 18.2. The monoisotopic (exact) mass is 376 g/mol. The lowest BCUT2D eigenvalue weighted by molar-refractivity contribution is -0.181. The minimum Gasteiger partial charge on any atom is -0.370 e. The molecule has 3 fully saturated rings. The van der Waals surface area contributed by atoms with Gasteiger partial charge < -0.3 is 15.3 Å². The highest BCUT2D eigenvalue weighted by atomic mass is 32.1. The molecule has 1 aliphatic heterocycles. The number of benzene rings is 1. The van der Waals surface area contributed by atoms with Gasteiger partial charge in [0.1, 0.15) is 11.5 Å². The van der Waals surface area contributed by atoms with E-state index in [1.807, 2.05) is 17.0 Å². The van der Waals surface area contributed by atoms with Crippen molar-refractivity contribution in [3.63, 3.8) is 0 Å². The summed E-state index contributed by atoms with van der Waals surface area (Å²) in [6.45, 7) is 0.667. The summed E-state index contributed by atoms with van der Waals surface area (Å²) in [5.74, 6) is 0.0260. The Morgan fingerprint density at radius 1 is 1.08 bits per heavy atom. The molecule has 3 nitrogen and oxygen atoms in total. The third kappa shape index (κ3) is 3.13. The number of hydrogen-bond acceptors (Lipinski definition) is 2. The first-order valence-electron chi connectivity index (χ1n) is 10.1. The fraction of sp³-hybridized carbons (Fsp3) is 0.667. The van der Waals surface area contributed by atoms with Crippen molar-refractivity contribution in [2.45, 2.75) is 75.5 Å². The predicted octanol–water partition coefficient (Wildman–Crippen LogP) is 4.14. The van der Waals surface area contributed by atoms with E-state index in [1.54, 1.807) is 0 Å². The highest BCUT2D eigenvalue weighted by molar-refractivity contribution is 7.80. The summed E-state index contributed by atoms with van der Waals surface area (Å²) in [7, 11) is 0. The Hall–Kier alpha value is -1.20. The van der Waals surface area contributed by atoms with Crippen LogP contribution < -0.4 is 5.32 Å². The summed E-state index contributed by atoms with van der Waals surface area (Å²) >= 11 is 5.75. The van der Waals surface area contributed by atoms with Crippen molar-refractivity contribution in [1.82, 2.24) is 10.2 Å². The van der Waals surface area contributed by atoms with Crippen LogP contribution in [-0.2, 0) is 6.42 Å². The zero-order valence-corrected chi connectivity index (χ0v) is 16.2. The second-order valence-electron chi connectivity index (χ2n) is 8.35. The summed E-state index contributed by atoms with van der Waals surface area (Å²) < 4.78 is 13.1. The maximum Gasteiger partial charge on any atom is 0.171 e. The van der Waals surface area contributed by atoms with E-state index in [0.717, 1.165) is 44.1 Å². The van der Waals surface area contributed by atoms with Crippen molar-refractivity contribution in [2.24, 2.45) is 5.92 Å². The van der Waals surface area contributed by atoms with Gasteiger partial charge in [-0.3, -0.25) is 0 Å². The molecule has 0 unspecified atom stereocenters. The summed E-state index contributed by atoms with van der Waals surface area (Å²) in [5.41, 5.74) is 0.220. The predicted molar refractivity (Wildman–Crippen MR) is 105 cm³/mol. The average Bonchev–Trinajstić information content (AvgIpc) is 2.63. The molecule has 0 radical (unpaired) electrons. The Labute approximate surface area is 161 Å². The van der Waals surface area contributed by atoms with Crippen LogP contribution in [0.4, 0.5) is 4.39 Å². The van der Waals surface area contributed by atoms with Crippen molar-refractivity contribution in [3.05, 3.63) is 35.6 Å². The Balaban J connectivity index is 1.56. The third-order valence-corrected chi connectivity index (χ3v) is 7.19. The molecule has 1 saturated heterocycles. The Morgan fingerprint density at radius 2 is 1.77 bits per heavy atom. The van der Waals surface area contributed by atoms with E-state index in [2.05, 4.69) is 5.32 Å². The number of halogens is 1. The summed E-state index contributed by atoms with van der Waals surface area (Å²) in [5, 5.41) is 16.2. The quantitative estimate of drug-likeness (QED) is 0.777. The lowest BCUT2D eigenvalue weighted by Crippen LogP contribution is -2.75. The topological polar surface area (TPSA) is 35.5 Å². The number of aliphatic hydroxyl groups is 1. The fourth-order valence-corrected chi connectivity index (χ4v) is 6.02. The third-order valence-electron chi connectivity index (χ3n) is 6.86. The molecule has 26 heavy (non-hydrogen) atoms. The minimum absolute atomic E-state index is 0.0170. The molecule has 0 aromatic heterocycles. The van der Waals surface area contributed by atoms with Gasteiger partial charge in [0.05, 0.1) is 0 Å². The number of thiocarbonyl (C=S) groups is 1. The molecule has 2 saturated carbocycles. The van der Waals surface area contributed by atoms with E-state index in [-0.39, 0.29) is 17.3 Å². The summed E-state index contributed by atoms with van der Waals surface area (Å²) in [6.07, 6.45) is 10.8. The van der Waals surface area contributed by atoms with Gasteiger partial charge in [0, 0.05) is 18.0 Å². The van der Waals surface area contributed by atoms with E-state index in [9.17, 15) is 9.50 Å². The highest BCUT2D eigenvalue weighted by Gasteiger charge is 2.58. The standard InChI is InChI=1S/C21H29FN2OS/c22-17-9-7-16(8-10-17)11-15-24-19(26)23-20(12-3-1-4-13-20)18-6-2-5-14-21(18,24)25/h7-10,18,25H,1-6,11-15H2,(H,23,26)/t18-,21+/m1/s1. The molecule has 0 bridgehead atoms. The number of rotatable bonds is 3. The molecular formula is C21H29FN2OS. The highest BCUT2D eigenvalue weighted by Crippen LogP contribution is 2.50. The lowest BCUT2D eigenvalue weighted by atomic mass is 9.62. The largest absolute Gasteiger partial charge is 0.370 e. The molecule has 1 spiro atoms. The van der Waals surface area contributed by atoms with Crippen LogP contribution >= 0.6 is 12.2 Å². The first-order valence-corrected chi connectivity index (χ1v) is 10.5. The smallest absolute Gasteiger partial charge is 0.171 e. The van der Waals surface area contributed by atoms with Crippen LogP contribution in [0.25, 0.3) is 0 Å². The SMILES string of the molecule is O[C@@]12CCCC[C@@H]1C1(CCCCC1)NC(=S)N2CCc1ccc(F)cc1. The Morgan fingerprint density at radius 3 is 2.50 bits per heavy atom. The summed E-state index contributed by atoms with van der Waals surface area (Å²) in [4.78, 5) is 2.04. The van der Waals surface area contributed by atoms with Gasteiger partial charge >= 0.3 is 0 Å². The van der Waals surface area contributed by atoms with E-state index in [0.29, 0.717) is 11.7 Å². The molecule has 5 heteroatoms. The van der Waals surface area contributed by atoms with E-state index in [1.165, 1.54) is 37.8 Å². The van der Waals surface area contributed by atoms with Crippen LogP contribution in [0.15, 0.2) is 24.3 Å². The van der Waals surface area contributed by atoms with Gasteiger partial charge in [-0.1, -0.05) is 37.8 Å². The van der Waals surface area contributed by atoms with Crippen LogP contribution in [0.5, 0.6) is 0 Å². The van der Waals surface area contributed by atoms with Gasteiger partial charge in [0.25, 0.3) is 0 Å². The van der Waals surface area contributed by atoms with Crippen LogP contribution in [0.1, 0.15) is 63.4 Å². The van der Waals surface area contributed by atoms with Gasteiger partial charge in [0.15, 0.2) is 5.11 Å². The van der Waals surface area contributed by atoms with Crippen molar-refractivity contribution in [2.75, 3.05) is 6.54 Å². The Bertz CT molecular complexity index is 658. The average molecular weight is 377 g/mol. The van der Waals surface area contributed by atoms with Crippen LogP contribution in [0, 0.1) is 11.7 Å². The van der Waals surface area contributed by atoms with E-state index < -0.39 is 5.72 Å². The molecule has 1 heterocycles. The summed E-state index contributed by atoms with van der Waals surface area (Å²) in [6, 6.07) is 6.64. The number of fused-ring (bicyclic) bond motifs is 2. The van der Waals surface area contributed by atoms with Gasteiger partial charge in [-0.25, -0.2) is 4.39 Å². The first-order chi connectivity index (χ1) is 12.5. The molecular weight excluding hydrogens is 347 g/mol. The van der Waals surface area contributed by atoms with Crippen molar-refractivity contribution in [3.8, 4) is 0 Å². The maximum absolute atomic E-state index is 13.1. The van der Waals surface area contributed by atoms with Gasteiger partial charge in [-0.15, -0.1) is 0 Å². The molecule has 1 aromatic carbocycles. The fourth-order valence-electron chi connectivity index (χ4n) is 5.57. The molecule has 3 aliphatic rings. The van der Waals surface area contributed by atoms with E-state index in [4.69, 9.17) is 12.2 Å². The van der Waals surface area contributed by atoms with Crippen molar-refractivity contribution >= 4 is 17.3 Å². The zero-order valence-electron chi connectivity index (χ0n) is 15.3. The molecule has 142 valence electrons. The normalized spacial score (nSPS) is 30.8. The molecule has 2 N–H and O–H groups in total. The molecule has 1 aromatic rings. The van der Waals surface area contributed by atoms with Gasteiger partial charge in [-0.05, 0) is 68.4 Å². The molecule has 4 rings (SSSR count). The number of nitrogens with one attached hydrogen (secondary N) is 1. The van der Waals surface area contributed by atoms with Crippen LogP contribution in [0.2, 0.25) is 0 Å². The maximum atomic E-state index is 13.1. The van der Waals surface area contributed by atoms with Crippen molar-refractivity contribution < 1.29 is 9.50 Å². The van der Waals surface area contributed by atoms with E-state index >= 15 is 0 Å². The molecule has 2 aliphatic carbocycles. The molecule has 2 atom stereocenters. The second-order valence-corrected chi connectivity index (χ2v) is 8.74. The minimum atomic E-state index is -0.835. The number of hydrogen-bond donors (Lipinski definition) is 2. The van der Waals surface area contributed by atoms with Gasteiger partial charge in [0.2, 0.25) is 0 Å². The lowest BCUT2D eigenvalue weighted by Gasteiger charge is -2.61. The molecule has 0 amide bonds. The van der Waals surface area contributed by atoms with Crippen LogP contribution in [-0.4, -0.2) is 32.9 Å². The van der Waals surface area contributed by atoms with Crippen molar-refractivity contribution in [1.29, 1.82) is 0 Å². The second kappa shape index (κ2) is 7.08. The number of nitrogens with zero attached hydrogens (tertiary/aromatic N) is 1.